The number of aromatic nitrogens is 2. The molecule has 3 nitrogen and oxygen atoms in total. The summed E-state index contributed by atoms with van der Waals surface area (Å²) < 4.78 is 2.48. The summed E-state index contributed by atoms with van der Waals surface area (Å²) in [7, 11) is 0. The molecule has 0 unspecified atom stereocenters. The van der Waals surface area contributed by atoms with Crippen molar-refractivity contribution in [2.75, 3.05) is 4.90 Å². The fourth-order valence-electron chi connectivity index (χ4n) is 7.48. The van der Waals surface area contributed by atoms with Crippen molar-refractivity contribution in [1.82, 2.24) is 9.97 Å². The van der Waals surface area contributed by atoms with E-state index in [1.807, 2.05) is 23.5 Å². The first-order chi connectivity index (χ1) is 26.8. The molecule has 0 saturated carbocycles. The average molecular weight is 708 g/mol. The van der Waals surface area contributed by atoms with E-state index in [1.165, 1.54) is 42.4 Å². The third kappa shape index (κ3) is 5.79. The summed E-state index contributed by atoms with van der Waals surface area (Å²) in [6.07, 6.45) is 0. The SMILES string of the molecule is c1ccc(-c2ccc(N(c3ccccc3)c3ccc(-c4cccc5sc6cc(-c7nc(-c8ccccc8)c8ccccc8n7)ccc6c45)cc3)cc2)cc1. The fourth-order valence-corrected chi connectivity index (χ4v) is 8.65. The highest BCUT2D eigenvalue weighted by Crippen LogP contribution is 2.43. The zero-order chi connectivity index (χ0) is 35.8. The average Bonchev–Trinajstić information content (AvgIpc) is 3.63. The Bertz CT molecular complexity index is 2900. The van der Waals surface area contributed by atoms with E-state index in [2.05, 4.69) is 193 Å². The van der Waals surface area contributed by atoms with Crippen LogP contribution in [0.25, 0.3) is 76.0 Å². The number of nitrogens with zero attached hydrogens (tertiary/aromatic N) is 3. The Hall–Kier alpha value is -6.88. The van der Waals surface area contributed by atoms with Crippen molar-refractivity contribution in [3.63, 3.8) is 0 Å². The first-order valence-corrected chi connectivity index (χ1v) is 19.0. The standard InChI is InChI=1S/C50H33N3S/c1-4-13-34(14-5-1)35-23-28-40(29-24-35)53(39-17-8-3-9-18-39)41-30-25-36(26-31-41)42-20-12-22-46-48(42)44-32-27-38(33-47(44)54-46)50-51-45-21-11-10-19-43(45)49(52-50)37-15-6-2-7-16-37/h1-33H. The van der Waals surface area contributed by atoms with Gasteiger partial charge in [0.2, 0.25) is 0 Å². The maximum Gasteiger partial charge on any atom is 0.160 e. The van der Waals surface area contributed by atoms with E-state index in [0.717, 1.165) is 50.6 Å². The first kappa shape index (κ1) is 31.8. The van der Waals surface area contributed by atoms with Gasteiger partial charge in [-0.2, -0.15) is 0 Å². The Kier molecular flexibility index (Phi) is 8.01. The van der Waals surface area contributed by atoms with E-state index in [9.17, 15) is 0 Å². The third-order valence-corrected chi connectivity index (χ3v) is 11.2. The van der Waals surface area contributed by atoms with Crippen molar-refractivity contribution in [2.45, 2.75) is 0 Å². The normalized spacial score (nSPS) is 11.3. The Morgan fingerprint density at radius 1 is 0.370 bits per heavy atom. The highest BCUT2D eigenvalue weighted by atomic mass is 32.1. The van der Waals surface area contributed by atoms with Crippen molar-refractivity contribution in [2.24, 2.45) is 0 Å². The number of hydrogen-bond acceptors (Lipinski definition) is 4. The molecule has 0 aliphatic heterocycles. The first-order valence-electron chi connectivity index (χ1n) is 18.2. The smallest absolute Gasteiger partial charge is 0.160 e. The number of para-hydroxylation sites is 2. The monoisotopic (exact) mass is 707 g/mol. The number of fused-ring (bicyclic) bond motifs is 4. The van der Waals surface area contributed by atoms with E-state index >= 15 is 0 Å². The van der Waals surface area contributed by atoms with Crippen LogP contribution in [0.4, 0.5) is 17.1 Å². The van der Waals surface area contributed by atoms with E-state index in [1.54, 1.807) is 0 Å². The molecule has 10 aromatic rings. The highest BCUT2D eigenvalue weighted by molar-refractivity contribution is 7.26. The van der Waals surface area contributed by atoms with Crippen LogP contribution in [0, 0.1) is 0 Å². The molecule has 2 heterocycles. The Labute approximate surface area is 318 Å². The van der Waals surface area contributed by atoms with Crippen molar-refractivity contribution >= 4 is 59.5 Å². The molecule has 0 atom stereocenters. The summed E-state index contributed by atoms with van der Waals surface area (Å²) in [6, 6.07) is 70.9. The minimum atomic E-state index is 0.736. The fraction of sp³-hybridized carbons (Fsp3) is 0. The molecule has 0 saturated heterocycles. The number of anilines is 3. The quantitative estimate of drug-likeness (QED) is 0.165. The van der Waals surface area contributed by atoms with E-state index in [-0.39, 0.29) is 0 Å². The summed E-state index contributed by atoms with van der Waals surface area (Å²) in [5.41, 5.74) is 12.2. The van der Waals surface area contributed by atoms with E-state index in [4.69, 9.17) is 9.97 Å². The summed E-state index contributed by atoms with van der Waals surface area (Å²) in [6.45, 7) is 0. The van der Waals surface area contributed by atoms with Gasteiger partial charge in [-0.3, -0.25) is 0 Å². The highest BCUT2D eigenvalue weighted by Gasteiger charge is 2.17. The van der Waals surface area contributed by atoms with Gasteiger partial charge in [0.25, 0.3) is 0 Å². The van der Waals surface area contributed by atoms with Gasteiger partial charge >= 0.3 is 0 Å². The van der Waals surface area contributed by atoms with Gasteiger partial charge in [0.1, 0.15) is 0 Å². The lowest BCUT2D eigenvalue weighted by Crippen LogP contribution is -2.09. The van der Waals surface area contributed by atoms with Crippen LogP contribution in [-0.4, -0.2) is 9.97 Å². The van der Waals surface area contributed by atoms with Gasteiger partial charge in [0.15, 0.2) is 5.82 Å². The summed E-state index contributed by atoms with van der Waals surface area (Å²) in [5.74, 6) is 0.736. The van der Waals surface area contributed by atoms with Crippen LogP contribution in [-0.2, 0) is 0 Å². The minimum Gasteiger partial charge on any atom is -0.311 e. The molecular formula is C50H33N3S. The molecule has 0 amide bonds. The molecule has 0 aliphatic carbocycles. The third-order valence-electron chi connectivity index (χ3n) is 10.1. The summed E-state index contributed by atoms with van der Waals surface area (Å²) in [4.78, 5) is 12.5. The van der Waals surface area contributed by atoms with Crippen molar-refractivity contribution in [3.05, 3.63) is 200 Å². The minimum absolute atomic E-state index is 0.736. The van der Waals surface area contributed by atoms with Gasteiger partial charge in [-0.05, 0) is 76.9 Å². The molecule has 254 valence electrons. The van der Waals surface area contributed by atoms with Crippen molar-refractivity contribution in [3.8, 4) is 44.9 Å². The molecule has 0 bridgehead atoms. The van der Waals surface area contributed by atoms with Crippen molar-refractivity contribution in [1.29, 1.82) is 0 Å². The number of rotatable bonds is 7. The zero-order valence-electron chi connectivity index (χ0n) is 29.3. The van der Waals surface area contributed by atoms with Gasteiger partial charge in [0.05, 0.1) is 11.2 Å². The van der Waals surface area contributed by atoms with E-state index < -0.39 is 0 Å². The largest absolute Gasteiger partial charge is 0.311 e. The molecule has 2 aromatic heterocycles. The number of benzene rings is 8. The number of hydrogen-bond donors (Lipinski definition) is 0. The Balaban J connectivity index is 1.02. The Morgan fingerprint density at radius 3 is 1.67 bits per heavy atom. The molecule has 10 rings (SSSR count). The van der Waals surface area contributed by atoms with Gasteiger partial charge in [-0.25, -0.2) is 9.97 Å². The van der Waals surface area contributed by atoms with Gasteiger partial charge in [-0.15, -0.1) is 11.3 Å². The number of thiophene rings is 1. The second-order valence-electron chi connectivity index (χ2n) is 13.4. The topological polar surface area (TPSA) is 29.0 Å². The van der Waals surface area contributed by atoms with Crippen molar-refractivity contribution < 1.29 is 0 Å². The molecular weight excluding hydrogens is 675 g/mol. The Morgan fingerprint density at radius 2 is 0.944 bits per heavy atom. The maximum absolute atomic E-state index is 5.14. The predicted octanol–water partition coefficient (Wildman–Crippen LogP) is 14.1. The van der Waals surface area contributed by atoms with Crippen LogP contribution in [0.15, 0.2) is 200 Å². The summed E-state index contributed by atoms with van der Waals surface area (Å²) >= 11 is 1.82. The lowest BCUT2D eigenvalue weighted by Gasteiger charge is -2.26. The summed E-state index contributed by atoms with van der Waals surface area (Å²) in [5, 5.41) is 3.57. The van der Waals surface area contributed by atoms with Gasteiger partial charge in [-0.1, -0.05) is 146 Å². The van der Waals surface area contributed by atoms with Crippen LogP contribution in [0.1, 0.15) is 0 Å². The van der Waals surface area contributed by atoms with Crippen LogP contribution < -0.4 is 4.90 Å². The molecule has 0 N–H and O–H groups in total. The lowest BCUT2D eigenvalue weighted by atomic mass is 9.98. The molecule has 54 heavy (non-hydrogen) atoms. The van der Waals surface area contributed by atoms with Gasteiger partial charge in [0, 0.05) is 53.7 Å². The molecule has 0 aliphatic rings. The molecule has 0 radical (unpaired) electrons. The maximum atomic E-state index is 5.14. The molecule has 8 aromatic carbocycles. The molecule has 4 heteroatoms. The molecule has 0 fully saturated rings. The second kappa shape index (κ2) is 13.6. The van der Waals surface area contributed by atoms with Crippen LogP contribution in [0.2, 0.25) is 0 Å². The molecule has 0 spiro atoms. The van der Waals surface area contributed by atoms with Gasteiger partial charge < -0.3 is 4.90 Å². The van der Waals surface area contributed by atoms with Crippen LogP contribution in [0.3, 0.4) is 0 Å². The van der Waals surface area contributed by atoms with E-state index in [0.29, 0.717) is 0 Å². The second-order valence-corrected chi connectivity index (χ2v) is 14.5. The lowest BCUT2D eigenvalue weighted by molar-refractivity contribution is 1.23. The predicted molar refractivity (Wildman–Crippen MR) is 229 cm³/mol. The van der Waals surface area contributed by atoms with Crippen LogP contribution in [0.5, 0.6) is 0 Å². The van der Waals surface area contributed by atoms with Crippen LogP contribution >= 0.6 is 11.3 Å². The zero-order valence-corrected chi connectivity index (χ0v) is 30.1.